The number of fused-ring (bicyclic) bond motifs is 1. The van der Waals surface area contributed by atoms with Gasteiger partial charge in [-0.05, 0) is 48.4 Å². The first-order chi connectivity index (χ1) is 13.4. The van der Waals surface area contributed by atoms with Crippen molar-refractivity contribution in [3.63, 3.8) is 0 Å². The molecule has 2 N–H and O–H groups in total. The Balaban J connectivity index is 1.44. The largest absolute Gasteiger partial charge is 0.372 e. The van der Waals surface area contributed by atoms with Gasteiger partial charge in [-0.15, -0.1) is 0 Å². The molecule has 0 radical (unpaired) electrons. The summed E-state index contributed by atoms with van der Waals surface area (Å²) in [5.74, 6) is -2.65. The highest BCUT2D eigenvalue weighted by Gasteiger charge is 2.44. The Morgan fingerprint density at radius 3 is 2.86 bits per heavy atom. The number of nitriles is 1. The van der Waals surface area contributed by atoms with Crippen LogP contribution in [0.4, 0.5) is 14.5 Å². The van der Waals surface area contributed by atoms with E-state index in [0.717, 1.165) is 5.57 Å². The second kappa shape index (κ2) is 7.34. The Hall–Kier alpha value is -2.76. The van der Waals surface area contributed by atoms with Crippen LogP contribution in [0, 0.1) is 11.3 Å². The molecule has 8 heteroatoms. The summed E-state index contributed by atoms with van der Waals surface area (Å²) in [4.78, 5) is 0. The van der Waals surface area contributed by atoms with Crippen molar-refractivity contribution in [2.75, 3.05) is 11.9 Å². The fraction of sp³-hybridized carbons (Fsp3) is 0.400. The molecular weight excluding hydrogens is 366 g/mol. The molecule has 1 aromatic carbocycles. The summed E-state index contributed by atoms with van der Waals surface area (Å²) in [7, 11) is 0. The maximum atomic E-state index is 13.4. The Labute approximate surface area is 161 Å². The van der Waals surface area contributed by atoms with E-state index in [0.29, 0.717) is 17.0 Å². The first kappa shape index (κ1) is 18.6. The second-order valence-electron chi connectivity index (χ2n) is 7.10. The molecule has 1 aliphatic carbocycles. The highest BCUT2D eigenvalue weighted by molar-refractivity contribution is 6.08. The van der Waals surface area contributed by atoms with Gasteiger partial charge in [0.1, 0.15) is 12.3 Å². The lowest BCUT2D eigenvalue weighted by Crippen LogP contribution is -2.36. The number of aliphatic hydroxyl groups excluding tert-OH is 1. The molecule has 0 amide bonds. The van der Waals surface area contributed by atoms with Gasteiger partial charge in [0.2, 0.25) is 0 Å². The van der Waals surface area contributed by atoms with Gasteiger partial charge >= 0.3 is 0 Å². The number of alkyl halides is 2. The molecule has 0 spiro atoms. The molecule has 146 valence electrons. The SMILES string of the molecule is N#Cc1ccc(NC(O)CN2N=C(C3=CCC(F)(F)CC3)C=CC3OC32)cc1. The molecule has 0 aromatic heterocycles. The molecule has 3 atom stereocenters. The van der Waals surface area contributed by atoms with E-state index in [9.17, 15) is 13.9 Å². The topological polar surface area (TPSA) is 84.2 Å². The van der Waals surface area contributed by atoms with Gasteiger partial charge in [0.25, 0.3) is 5.92 Å². The van der Waals surface area contributed by atoms with Crippen LogP contribution in [0.2, 0.25) is 0 Å². The number of anilines is 1. The second-order valence-corrected chi connectivity index (χ2v) is 7.10. The molecule has 1 saturated heterocycles. The van der Waals surface area contributed by atoms with Gasteiger partial charge in [0.05, 0.1) is 23.9 Å². The van der Waals surface area contributed by atoms with E-state index < -0.39 is 12.2 Å². The number of aliphatic hydroxyl groups is 1. The molecule has 1 aromatic rings. The van der Waals surface area contributed by atoms with Gasteiger partial charge in [-0.1, -0.05) is 6.08 Å². The lowest BCUT2D eigenvalue weighted by Gasteiger charge is -2.24. The van der Waals surface area contributed by atoms with Crippen molar-refractivity contribution in [3.8, 4) is 6.07 Å². The first-order valence-electron chi connectivity index (χ1n) is 9.14. The Bertz CT molecular complexity index is 873. The number of hydrogen-bond donors (Lipinski definition) is 2. The fourth-order valence-electron chi connectivity index (χ4n) is 3.31. The van der Waals surface area contributed by atoms with Crippen molar-refractivity contribution in [2.24, 2.45) is 5.10 Å². The summed E-state index contributed by atoms with van der Waals surface area (Å²) >= 11 is 0. The van der Waals surface area contributed by atoms with Gasteiger partial charge in [-0.3, -0.25) is 5.01 Å². The average Bonchev–Trinajstić information content (AvgIpc) is 3.45. The summed E-state index contributed by atoms with van der Waals surface area (Å²) in [5.41, 5.74) is 2.64. The molecule has 6 nitrogen and oxygen atoms in total. The summed E-state index contributed by atoms with van der Waals surface area (Å²) in [6, 6.07) is 8.78. The third kappa shape index (κ3) is 4.21. The smallest absolute Gasteiger partial charge is 0.251 e. The normalized spacial score (nSPS) is 26.3. The van der Waals surface area contributed by atoms with Gasteiger partial charge < -0.3 is 15.2 Å². The Morgan fingerprint density at radius 2 is 2.18 bits per heavy atom. The number of benzene rings is 1. The monoisotopic (exact) mass is 386 g/mol. The summed E-state index contributed by atoms with van der Waals surface area (Å²) in [5, 5.41) is 28.4. The molecule has 2 heterocycles. The number of nitrogens with one attached hydrogen (secondary N) is 1. The van der Waals surface area contributed by atoms with Crippen LogP contribution in [0.15, 0.2) is 53.2 Å². The number of halogens is 2. The van der Waals surface area contributed by atoms with Crippen LogP contribution >= 0.6 is 0 Å². The average molecular weight is 386 g/mol. The van der Waals surface area contributed by atoms with E-state index in [1.54, 1.807) is 41.4 Å². The zero-order chi connectivity index (χ0) is 19.7. The van der Waals surface area contributed by atoms with E-state index in [1.165, 1.54) is 0 Å². The quantitative estimate of drug-likeness (QED) is 0.600. The molecule has 0 bridgehead atoms. The predicted octanol–water partition coefficient (Wildman–Crippen LogP) is 2.99. The number of epoxide rings is 1. The summed E-state index contributed by atoms with van der Waals surface area (Å²) in [6.07, 6.45) is 3.73. The fourth-order valence-corrected chi connectivity index (χ4v) is 3.31. The van der Waals surface area contributed by atoms with Crippen molar-refractivity contribution in [1.82, 2.24) is 5.01 Å². The summed E-state index contributed by atoms with van der Waals surface area (Å²) in [6.45, 7) is 0.162. The Kier molecular flexibility index (Phi) is 4.87. The third-order valence-electron chi connectivity index (χ3n) is 4.92. The predicted molar refractivity (Wildman–Crippen MR) is 99.6 cm³/mol. The van der Waals surface area contributed by atoms with E-state index in [1.807, 2.05) is 12.1 Å². The van der Waals surface area contributed by atoms with Crippen molar-refractivity contribution >= 4 is 11.4 Å². The number of β-amino-alcohol motifs (C(OH)–C–C–N with tert-alkyl or cyclic N) is 1. The number of allylic oxidation sites excluding steroid dienone is 3. The molecule has 3 aliphatic rings. The van der Waals surface area contributed by atoms with E-state index >= 15 is 0 Å². The van der Waals surface area contributed by atoms with Crippen LogP contribution in [0.1, 0.15) is 24.8 Å². The number of hydrazone groups is 1. The third-order valence-corrected chi connectivity index (χ3v) is 4.92. The van der Waals surface area contributed by atoms with E-state index in [4.69, 9.17) is 10.00 Å². The highest BCUT2D eigenvalue weighted by atomic mass is 19.3. The van der Waals surface area contributed by atoms with Gasteiger partial charge in [-0.2, -0.15) is 10.4 Å². The maximum Gasteiger partial charge on any atom is 0.251 e. The molecule has 28 heavy (non-hydrogen) atoms. The van der Waals surface area contributed by atoms with Crippen molar-refractivity contribution in [1.29, 1.82) is 5.26 Å². The minimum atomic E-state index is -2.65. The lowest BCUT2D eigenvalue weighted by atomic mass is 9.93. The molecule has 0 saturated carbocycles. The van der Waals surface area contributed by atoms with Crippen LogP contribution in [-0.4, -0.2) is 46.9 Å². The van der Waals surface area contributed by atoms with Gasteiger partial charge in [0.15, 0.2) is 6.23 Å². The number of rotatable bonds is 5. The van der Waals surface area contributed by atoms with Gasteiger partial charge in [-0.25, -0.2) is 8.78 Å². The molecule has 4 rings (SSSR count). The molecule has 1 fully saturated rings. The highest BCUT2D eigenvalue weighted by Crippen LogP contribution is 2.35. The number of nitrogens with zero attached hydrogens (tertiary/aromatic N) is 3. The van der Waals surface area contributed by atoms with Gasteiger partial charge in [0, 0.05) is 18.5 Å². The summed E-state index contributed by atoms with van der Waals surface area (Å²) < 4.78 is 32.3. The number of ether oxygens (including phenoxy) is 1. The molecule has 2 aliphatic heterocycles. The van der Waals surface area contributed by atoms with Crippen molar-refractivity contribution in [2.45, 2.75) is 43.7 Å². The van der Waals surface area contributed by atoms with Crippen molar-refractivity contribution in [3.05, 3.63) is 53.6 Å². The van der Waals surface area contributed by atoms with Crippen molar-refractivity contribution < 1.29 is 18.6 Å². The standard InChI is InChI=1S/C20H20F2N4O2/c21-20(22)9-7-14(8-10-20)16-5-6-17-19(28-17)26(25-16)12-18(27)24-15-3-1-13(11-23)2-4-15/h1-7,17-19,24,27H,8-10,12H2. The zero-order valence-electron chi connectivity index (χ0n) is 15.1. The molecule has 3 unspecified atom stereocenters. The van der Waals surface area contributed by atoms with E-state index in [-0.39, 0.29) is 38.1 Å². The van der Waals surface area contributed by atoms with Crippen LogP contribution < -0.4 is 5.32 Å². The van der Waals surface area contributed by atoms with Crippen LogP contribution in [-0.2, 0) is 4.74 Å². The lowest BCUT2D eigenvalue weighted by molar-refractivity contribution is -0.00795. The van der Waals surface area contributed by atoms with Crippen LogP contribution in [0.5, 0.6) is 0 Å². The first-order valence-corrected chi connectivity index (χ1v) is 9.14. The Morgan fingerprint density at radius 1 is 1.39 bits per heavy atom. The minimum absolute atomic E-state index is 0.117. The van der Waals surface area contributed by atoms with E-state index in [2.05, 4.69) is 10.4 Å². The maximum absolute atomic E-state index is 13.4. The molecular formula is C20H20F2N4O2. The number of hydrogen-bond acceptors (Lipinski definition) is 6. The zero-order valence-corrected chi connectivity index (χ0v) is 15.1. The van der Waals surface area contributed by atoms with Crippen LogP contribution in [0.25, 0.3) is 0 Å². The van der Waals surface area contributed by atoms with Crippen LogP contribution in [0.3, 0.4) is 0 Å². The minimum Gasteiger partial charge on any atom is -0.372 e.